The summed E-state index contributed by atoms with van der Waals surface area (Å²) in [6, 6.07) is 0. The van der Waals surface area contributed by atoms with Crippen LogP contribution in [0.25, 0.3) is 0 Å². The number of hydrogen-bond acceptors (Lipinski definition) is 0. The van der Waals surface area contributed by atoms with Gasteiger partial charge in [0.15, 0.2) is 0 Å². The Bertz CT molecular complexity index is 76.4. The van der Waals surface area contributed by atoms with Crippen molar-refractivity contribution in [2.45, 2.75) is 77.9 Å². The highest BCUT2D eigenvalue weighted by Gasteiger charge is 1.92. The zero-order chi connectivity index (χ0) is 9.78. The summed E-state index contributed by atoms with van der Waals surface area (Å²) in [6.07, 6.45) is 14.0. The molecule has 0 aromatic rings. The molecular formula is C12H27BCl. The van der Waals surface area contributed by atoms with Crippen LogP contribution in [0.15, 0.2) is 0 Å². The van der Waals surface area contributed by atoms with Crippen LogP contribution in [0.3, 0.4) is 0 Å². The Balaban J connectivity index is 0. The lowest BCUT2D eigenvalue weighted by Crippen LogP contribution is -1.89. The second kappa shape index (κ2) is 15.8. The van der Waals surface area contributed by atoms with E-state index >= 15 is 0 Å². The predicted molar refractivity (Wildman–Crippen MR) is 70.9 cm³/mol. The third-order valence-electron chi connectivity index (χ3n) is 2.52. The van der Waals surface area contributed by atoms with Gasteiger partial charge in [0.25, 0.3) is 0 Å². The fourth-order valence-corrected chi connectivity index (χ4v) is 1.58. The van der Waals surface area contributed by atoms with Gasteiger partial charge in [-0.1, -0.05) is 77.9 Å². The first-order valence-corrected chi connectivity index (χ1v) is 6.23. The third-order valence-corrected chi connectivity index (χ3v) is 2.52. The molecule has 0 aromatic carbocycles. The minimum Gasteiger partial charge on any atom is -0.147 e. The molecule has 0 aliphatic rings. The van der Waals surface area contributed by atoms with Gasteiger partial charge in [-0.05, 0) is 0 Å². The topological polar surface area (TPSA) is 0 Å². The largest absolute Gasteiger partial charge is 0.147 e. The smallest absolute Gasteiger partial charge is 0.109 e. The van der Waals surface area contributed by atoms with Gasteiger partial charge in [-0.15, -0.1) is 12.4 Å². The Morgan fingerprint density at radius 2 is 1.07 bits per heavy atom. The number of hydrogen-bond donors (Lipinski definition) is 0. The first-order chi connectivity index (χ1) is 6.41. The molecule has 0 bridgehead atoms. The average molecular weight is 218 g/mol. The molecule has 0 N–H and O–H groups in total. The molecule has 0 unspecified atom stereocenters. The maximum Gasteiger partial charge on any atom is 0.109 e. The molecule has 0 aliphatic heterocycles. The second-order valence-electron chi connectivity index (χ2n) is 3.99. The molecule has 0 heterocycles. The monoisotopic (exact) mass is 217 g/mol. The van der Waals surface area contributed by atoms with E-state index in [4.69, 9.17) is 0 Å². The van der Waals surface area contributed by atoms with E-state index in [1.165, 1.54) is 64.0 Å². The highest BCUT2D eigenvalue weighted by Crippen LogP contribution is 2.06. The number of halogens is 1. The van der Waals surface area contributed by atoms with E-state index in [1.807, 2.05) is 0 Å². The standard InChI is InChI=1S/C12H26B.ClH/c1-3-5-7-9-11-13-12-10-8-6-4-2;/h3-12H2,1-2H3;1H. The summed E-state index contributed by atoms with van der Waals surface area (Å²) in [4.78, 5) is 0. The van der Waals surface area contributed by atoms with Gasteiger partial charge in [-0.3, -0.25) is 0 Å². The molecule has 1 radical (unpaired) electrons. The van der Waals surface area contributed by atoms with Crippen LogP contribution in [-0.2, 0) is 0 Å². The van der Waals surface area contributed by atoms with Crippen LogP contribution in [0.5, 0.6) is 0 Å². The number of unbranched alkanes of at least 4 members (excludes halogenated alkanes) is 6. The molecular weight excluding hydrogens is 190 g/mol. The van der Waals surface area contributed by atoms with Gasteiger partial charge in [-0.25, -0.2) is 0 Å². The number of rotatable bonds is 10. The van der Waals surface area contributed by atoms with E-state index < -0.39 is 0 Å². The summed E-state index contributed by atoms with van der Waals surface area (Å²) in [7, 11) is 2.49. The first-order valence-electron chi connectivity index (χ1n) is 6.23. The van der Waals surface area contributed by atoms with Crippen molar-refractivity contribution in [3.63, 3.8) is 0 Å². The lowest BCUT2D eigenvalue weighted by Gasteiger charge is -1.99. The molecule has 0 saturated heterocycles. The maximum atomic E-state index is 2.49. The van der Waals surface area contributed by atoms with Gasteiger partial charge in [-0.2, -0.15) is 0 Å². The molecule has 2 heteroatoms. The molecule has 0 saturated carbocycles. The van der Waals surface area contributed by atoms with Crippen LogP contribution in [0, 0.1) is 0 Å². The Kier molecular flexibility index (Phi) is 18.9. The van der Waals surface area contributed by atoms with Crippen LogP contribution < -0.4 is 0 Å². The molecule has 0 rings (SSSR count). The van der Waals surface area contributed by atoms with Crippen LogP contribution in [-0.4, -0.2) is 7.28 Å². The van der Waals surface area contributed by atoms with Crippen molar-refractivity contribution < 1.29 is 0 Å². The van der Waals surface area contributed by atoms with Crippen LogP contribution in [0.2, 0.25) is 12.6 Å². The predicted octanol–water partition coefficient (Wildman–Crippen LogP) is 5.11. The van der Waals surface area contributed by atoms with E-state index in [1.54, 1.807) is 0 Å². The van der Waals surface area contributed by atoms with Crippen LogP contribution >= 0.6 is 12.4 Å². The van der Waals surface area contributed by atoms with E-state index in [0.717, 1.165) is 0 Å². The van der Waals surface area contributed by atoms with Crippen molar-refractivity contribution in [2.24, 2.45) is 0 Å². The van der Waals surface area contributed by atoms with Gasteiger partial charge in [0.2, 0.25) is 0 Å². The summed E-state index contributed by atoms with van der Waals surface area (Å²) in [6.45, 7) is 4.54. The molecule has 0 atom stereocenters. The Hall–Kier alpha value is 0.355. The first kappa shape index (κ1) is 16.8. The van der Waals surface area contributed by atoms with Gasteiger partial charge in [0, 0.05) is 0 Å². The molecule has 14 heavy (non-hydrogen) atoms. The minimum atomic E-state index is 0. The third kappa shape index (κ3) is 14.9. The summed E-state index contributed by atoms with van der Waals surface area (Å²) < 4.78 is 0. The molecule has 0 aromatic heterocycles. The lowest BCUT2D eigenvalue weighted by atomic mass is 9.68. The van der Waals surface area contributed by atoms with Crippen LogP contribution in [0.4, 0.5) is 0 Å². The van der Waals surface area contributed by atoms with Gasteiger partial charge in [0.1, 0.15) is 7.28 Å². The van der Waals surface area contributed by atoms with E-state index in [2.05, 4.69) is 21.1 Å². The minimum absolute atomic E-state index is 0. The molecule has 85 valence electrons. The molecule has 0 nitrogen and oxygen atoms in total. The van der Waals surface area contributed by atoms with Crippen molar-refractivity contribution in [3.05, 3.63) is 0 Å². The fourth-order valence-electron chi connectivity index (χ4n) is 1.58. The van der Waals surface area contributed by atoms with Crippen LogP contribution in [0.1, 0.15) is 65.2 Å². The molecule has 0 spiro atoms. The summed E-state index contributed by atoms with van der Waals surface area (Å²) in [5.74, 6) is 0. The Morgan fingerprint density at radius 1 is 0.643 bits per heavy atom. The SMILES string of the molecule is CCCCCC[B]CCCCCC.Cl. The van der Waals surface area contributed by atoms with E-state index in [9.17, 15) is 0 Å². The second-order valence-corrected chi connectivity index (χ2v) is 3.99. The van der Waals surface area contributed by atoms with Gasteiger partial charge >= 0.3 is 0 Å². The normalized spacial score (nSPS) is 9.57. The zero-order valence-corrected chi connectivity index (χ0v) is 10.9. The summed E-state index contributed by atoms with van der Waals surface area (Å²) in [5, 5.41) is 0. The van der Waals surface area contributed by atoms with Crippen molar-refractivity contribution in [2.75, 3.05) is 0 Å². The summed E-state index contributed by atoms with van der Waals surface area (Å²) in [5.41, 5.74) is 0. The maximum absolute atomic E-state index is 2.49. The summed E-state index contributed by atoms with van der Waals surface area (Å²) >= 11 is 0. The highest BCUT2D eigenvalue weighted by atomic mass is 35.5. The lowest BCUT2D eigenvalue weighted by molar-refractivity contribution is 0.689. The van der Waals surface area contributed by atoms with Crippen molar-refractivity contribution >= 4 is 19.7 Å². The Morgan fingerprint density at radius 3 is 1.43 bits per heavy atom. The van der Waals surface area contributed by atoms with Crippen molar-refractivity contribution in [1.82, 2.24) is 0 Å². The van der Waals surface area contributed by atoms with Gasteiger partial charge in [0.05, 0.1) is 0 Å². The molecule has 0 fully saturated rings. The van der Waals surface area contributed by atoms with Crippen molar-refractivity contribution in [1.29, 1.82) is 0 Å². The average Bonchev–Trinajstić information content (AvgIpc) is 2.16. The van der Waals surface area contributed by atoms with Gasteiger partial charge < -0.3 is 0 Å². The molecule has 0 aliphatic carbocycles. The Labute approximate surface area is 97.9 Å². The zero-order valence-electron chi connectivity index (χ0n) is 10.1. The van der Waals surface area contributed by atoms with E-state index in [0.29, 0.717) is 0 Å². The van der Waals surface area contributed by atoms with Crippen molar-refractivity contribution in [3.8, 4) is 0 Å². The molecule has 0 amide bonds. The highest BCUT2D eigenvalue weighted by molar-refractivity contribution is 6.35. The quantitative estimate of drug-likeness (QED) is 0.352. The van der Waals surface area contributed by atoms with E-state index in [-0.39, 0.29) is 12.4 Å². The fraction of sp³-hybridized carbons (Fsp3) is 1.00.